The molecule has 4 nitrogen and oxygen atoms in total. The van der Waals surface area contributed by atoms with Crippen LogP contribution in [0, 0.1) is 13.8 Å². The van der Waals surface area contributed by atoms with E-state index in [0.29, 0.717) is 21.9 Å². The Labute approximate surface area is 115 Å². The number of rotatable bonds is 3. The Bertz CT molecular complexity index is 482. The Morgan fingerprint density at radius 1 is 1.17 bits per heavy atom. The average molecular weight is 281 g/mol. The summed E-state index contributed by atoms with van der Waals surface area (Å²) >= 11 is 7.29. The second-order valence-electron chi connectivity index (χ2n) is 3.96. The summed E-state index contributed by atoms with van der Waals surface area (Å²) in [5, 5.41) is 0.930. The molecule has 94 valence electrons. The fourth-order valence-corrected chi connectivity index (χ4v) is 2.62. The molecule has 2 aromatic heterocycles. The number of hydrogen-bond donors (Lipinski definition) is 1. The van der Waals surface area contributed by atoms with Gasteiger partial charge in [-0.05, 0) is 31.5 Å². The summed E-state index contributed by atoms with van der Waals surface area (Å²) in [6.45, 7) is 4.03. The summed E-state index contributed by atoms with van der Waals surface area (Å²) < 4.78 is 0. The summed E-state index contributed by atoms with van der Waals surface area (Å²) in [6.07, 6.45) is 0. The molecule has 0 saturated heterocycles. The Morgan fingerprint density at radius 2 is 1.94 bits per heavy atom. The van der Waals surface area contributed by atoms with Crippen LogP contribution in [0.25, 0.3) is 0 Å². The van der Waals surface area contributed by atoms with Gasteiger partial charge in [0, 0.05) is 17.5 Å². The molecule has 0 saturated carbocycles. The highest BCUT2D eigenvalue weighted by molar-refractivity contribution is 7.98. The Kier molecular flexibility index (Phi) is 4.04. The second kappa shape index (κ2) is 5.54. The van der Waals surface area contributed by atoms with Gasteiger partial charge in [-0.1, -0.05) is 23.4 Å². The van der Waals surface area contributed by atoms with Crippen LogP contribution >= 0.6 is 23.4 Å². The van der Waals surface area contributed by atoms with E-state index < -0.39 is 0 Å². The zero-order chi connectivity index (χ0) is 13.1. The van der Waals surface area contributed by atoms with Crippen LogP contribution in [0.2, 0.25) is 5.15 Å². The third-order valence-corrected chi connectivity index (χ3v) is 3.27. The smallest absolute Gasteiger partial charge is 0.191 e. The van der Waals surface area contributed by atoms with Gasteiger partial charge < -0.3 is 5.73 Å². The summed E-state index contributed by atoms with van der Waals surface area (Å²) in [7, 11) is 0. The van der Waals surface area contributed by atoms with Crippen LogP contribution in [-0.4, -0.2) is 15.0 Å². The molecule has 0 aromatic carbocycles. The van der Waals surface area contributed by atoms with Crippen molar-refractivity contribution in [2.24, 2.45) is 0 Å². The van der Waals surface area contributed by atoms with E-state index in [1.165, 1.54) is 23.4 Å². The minimum atomic E-state index is 0.360. The lowest BCUT2D eigenvalue weighted by Crippen LogP contribution is -1.96. The maximum Gasteiger partial charge on any atom is 0.191 e. The van der Waals surface area contributed by atoms with Crippen LogP contribution in [0.5, 0.6) is 0 Å². The maximum atomic E-state index is 5.82. The third-order valence-electron chi connectivity index (χ3n) is 2.19. The van der Waals surface area contributed by atoms with Crippen LogP contribution < -0.4 is 5.73 Å². The highest BCUT2D eigenvalue weighted by Crippen LogP contribution is 2.21. The van der Waals surface area contributed by atoms with E-state index in [1.54, 1.807) is 0 Å². The number of aryl methyl sites for hydroxylation is 2. The van der Waals surface area contributed by atoms with Crippen LogP contribution in [0.4, 0.5) is 5.82 Å². The van der Waals surface area contributed by atoms with E-state index in [4.69, 9.17) is 17.3 Å². The Hall–Kier alpha value is -1.33. The van der Waals surface area contributed by atoms with Gasteiger partial charge in [-0.15, -0.1) is 0 Å². The van der Waals surface area contributed by atoms with E-state index in [9.17, 15) is 0 Å². The summed E-state index contributed by atoms with van der Waals surface area (Å²) in [4.78, 5) is 12.7. The van der Waals surface area contributed by atoms with Gasteiger partial charge in [-0.3, -0.25) is 4.98 Å². The molecule has 2 heterocycles. The molecule has 2 N–H and O–H groups in total. The lowest BCUT2D eigenvalue weighted by Gasteiger charge is -2.04. The summed E-state index contributed by atoms with van der Waals surface area (Å²) in [5.41, 5.74) is 8.82. The van der Waals surface area contributed by atoms with Crippen LogP contribution in [0.3, 0.4) is 0 Å². The first-order chi connectivity index (χ1) is 8.52. The van der Waals surface area contributed by atoms with Gasteiger partial charge >= 0.3 is 0 Å². The number of nitrogens with two attached hydrogens (primary N) is 1. The number of nitrogens with zero attached hydrogens (tertiary/aromatic N) is 3. The molecule has 6 heteroatoms. The monoisotopic (exact) mass is 280 g/mol. The van der Waals surface area contributed by atoms with E-state index in [-0.39, 0.29) is 0 Å². The molecule has 0 amide bonds. The standard InChI is InChI=1S/C12H13ClN4S/c1-7-3-8(2)15-9(4-7)6-18-12-16-10(13)5-11(14)17-12/h3-5H,6H2,1-2H3,(H2,14,16,17). The minimum absolute atomic E-state index is 0.360. The SMILES string of the molecule is Cc1cc(C)nc(CSc2nc(N)cc(Cl)n2)c1. The van der Waals surface area contributed by atoms with E-state index in [1.807, 2.05) is 19.1 Å². The van der Waals surface area contributed by atoms with Crippen molar-refractivity contribution in [3.8, 4) is 0 Å². The van der Waals surface area contributed by atoms with Crippen molar-refractivity contribution in [3.05, 3.63) is 40.3 Å². The lowest BCUT2D eigenvalue weighted by molar-refractivity contribution is 0.972. The number of aromatic nitrogens is 3. The van der Waals surface area contributed by atoms with Gasteiger partial charge in [0.05, 0.1) is 5.69 Å². The Balaban J connectivity index is 2.11. The van der Waals surface area contributed by atoms with E-state index >= 15 is 0 Å². The molecule has 2 rings (SSSR count). The molecule has 0 aliphatic carbocycles. The average Bonchev–Trinajstić information content (AvgIpc) is 2.23. The second-order valence-corrected chi connectivity index (χ2v) is 5.29. The van der Waals surface area contributed by atoms with Gasteiger partial charge in [0.15, 0.2) is 5.16 Å². The highest BCUT2D eigenvalue weighted by Gasteiger charge is 2.04. The van der Waals surface area contributed by atoms with Crippen molar-refractivity contribution in [3.63, 3.8) is 0 Å². The van der Waals surface area contributed by atoms with E-state index in [2.05, 4.69) is 21.9 Å². The minimum Gasteiger partial charge on any atom is -0.384 e. The summed E-state index contributed by atoms with van der Waals surface area (Å²) in [5.74, 6) is 1.08. The molecule has 0 bridgehead atoms. The first-order valence-electron chi connectivity index (χ1n) is 5.40. The number of pyridine rings is 1. The van der Waals surface area contributed by atoms with Crippen LogP contribution in [0.15, 0.2) is 23.4 Å². The number of anilines is 1. The van der Waals surface area contributed by atoms with E-state index in [0.717, 1.165) is 11.4 Å². The quantitative estimate of drug-likeness (QED) is 0.532. The number of halogens is 1. The van der Waals surface area contributed by atoms with Crippen molar-refractivity contribution in [2.75, 3.05) is 5.73 Å². The molecule has 0 atom stereocenters. The molecular formula is C12H13ClN4S. The topological polar surface area (TPSA) is 64.7 Å². The molecule has 18 heavy (non-hydrogen) atoms. The lowest BCUT2D eigenvalue weighted by atomic mass is 10.2. The molecular weight excluding hydrogens is 268 g/mol. The normalized spacial score (nSPS) is 10.6. The van der Waals surface area contributed by atoms with Gasteiger partial charge in [-0.25, -0.2) is 9.97 Å². The molecule has 2 aromatic rings. The summed E-state index contributed by atoms with van der Waals surface area (Å²) in [6, 6.07) is 5.62. The first kappa shape index (κ1) is 13.1. The molecule has 0 aliphatic heterocycles. The molecule has 0 radical (unpaired) electrons. The van der Waals surface area contributed by atoms with Crippen LogP contribution in [-0.2, 0) is 5.75 Å². The third kappa shape index (κ3) is 3.58. The van der Waals surface area contributed by atoms with Crippen molar-refractivity contribution in [1.82, 2.24) is 15.0 Å². The molecule has 0 aliphatic rings. The van der Waals surface area contributed by atoms with Gasteiger partial charge in [0.1, 0.15) is 11.0 Å². The fourth-order valence-electron chi connectivity index (χ4n) is 1.62. The Morgan fingerprint density at radius 3 is 2.61 bits per heavy atom. The largest absolute Gasteiger partial charge is 0.384 e. The zero-order valence-corrected chi connectivity index (χ0v) is 11.7. The molecule has 0 spiro atoms. The predicted molar refractivity (Wildman–Crippen MR) is 74.7 cm³/mol. The number of thioether (sulfide) groups is 1. The van der Waals surface area contributed by atoms with Crippen molar-refractivity contribution in [1.29, 1.82) is 0 Å². The van der Waals surface area contributed by atoms with Gasteiger partial charge in [0.25, 0.3) is 0 Å². The first-order valence-corrected chi connectivity index (χ1v) is 6.76. The number of nitrogen functional groups attached to an aromatic ring is 1. The van der Waals surface area contributed by atoms with Crippen molar-refractivity contribution < 1.29 is 0 Å². The fraction of sp³-hybridized carbons (Fsp3) is 0.250. The highest BCUT2D eigenvalue weighted by atomic mass is 35.5. The zero-order valence-electron chi connectivity index (χ0n) is 10.1. The van der Waals surface area contributed by atoms with Crippen LogP contribution in [0.1, 0.15) is 17.0 Å². The van der Waals surface area contributed by atoms with Crippen molar-refractivity contribution >= 4 is 29.2 Å². The maximum absolute atomic E-state index is 5.82. The molecule has 0 unspecified atom stereocenters. The molecule has 0 fully saturated rings. The predicted octanol–water partition coefficient (Wildman–Crippen LogP) is 3.02. The van der Waals surface area contributed by atoms with Gasteiger partial charge in [0.2, 0.25) is 0 Å². The van der Waals surface area contributed by atoms with Gasteiger partial charge in [-0.2, -0.15) is 0 Å². The van der Waals surface area contributed by atoms with Crippen molar-refractivity contribution in [2.45, 2.75) is 24.8 Å². The number of hydrogen-bond acceptors (Lipinski definition) is 5.